The molecule has 0 saturated heterocycles. The number of fused-ring (bicyclic) bond motifs is 1. The molecule has 200 valence electrons. The number of amides is 1. The lowest BCUT2D eigenvalue weighted by atomic mass is 9.92. The van der Waals surface area contributed by atoms with Gasteiger partial charge in [0.25, 0.3) is 5.56 Å². The Labute approximate surface area is 226 Å². The van der Waals surface area contributed by atoms with Crippen LogP contribution in [0.3, 0.4) is 0 Å². The molecular formula is C24H18F3N7O3S2. The summed E-state index contributed by atoms with van der Waals surface area (Å²) in [5.41, 5.74) is -2.04. The van der Waals surface area contributed by atoms with Gasteiger partial charge in [0.15, 0.2) is 9.60 Å². The van der Waals surface area contributed by atoms with Crippen LogP contribution in [0.2, 0.25) is 0 Å². The van der Waals surface area contributed by atoms with Crippen molar-refractivity contribution < 1.29 is 23.1 Å². The molecule has 0 fully saturated rings. The van der Waals surface area contributed by atoms with Gasteiger partial charge in [-0.2, -0.15) is 5.10 Å². The molecule has 2 N–H and O–H groups in total. The van der Waals surface area contributed by atoms with E-state index in [0.717, 1.165) is 28.0 Å². The minimum Gasteiger partial charge on any atom is -0.381 e. The summed E-state index contributed by atoms with van der Waals surface area (Å²) in [7, 11) is 0. The van der Waals surface area contributed by atoms with Crippen molar-refractivity contribution in [3.63, 3.8) is 0 Å². The predicted molar refractivity (Wildman–Crippen MR) is 137 cm³/mol. The molecule has 0 bridgehead atoms. The molecule has 3 heterocycles. The summed E-state index contributed by atoms with van der Waals surface area (Å²) in [6, 6.07) is 8.21. The van der Waals surface area contributed by atoms with E-state index in [0.29, 0.717) is 15.7 Å². The summed E-state index contributed by atoms with van der Waals surface area (Å²) in [5.74, 6) is -2.95. The first-order valence-corrected chi connectivity index (χ1v) is 12.5. The molecule has 3 aromatic heterocycles. The smallest absolute Gasteiger partial charge is 0.273 e. The number of hydrogen-bond donors (Lipinski definition) is 2. The Morgan fingerprint density at radius 3 is 2.54 bits per heavy atom. The van der Waals surface area contributed by atoms with Gasteiger partial charge in [-0.25, -0.2) is 27.8 Å². The largest absolute Gasteiger partial charge is 0.381 e. The highest BCUT2D eigenvalue weighted by Crippen LogP contribution is 2.26. The predicted octanol–water partition coefficient (Wildman–Crippen LogP) is 2.69. The van der Waals surface area contributed by atoms with E-state index in [1.807, 2.05) is 0 Å². The average Bonchev–Trinajstić information content (AvgIpc) is 3.52. The van der Waals surface area contributed by atoms with Crippen molar-refractivity contribution in [3.8, 4) is 5.69 Å². The van der Waals surface area contributed by atoms with Crippen LogP contribution in [0.4, 0.5) is 13.2 Å². The molecule has 1 unspecified atom stereocenters. The van der Waals surface area contributed by atoms with Crippen LogP contribution in [-0.4, -0.2) is 46.4 Å². The molecule has 0 aliphatic carbocycles. The summed E-state index contributed by atoms with van der Waals surface area (Å²) < 4.78 is 45.7. The van der Waals surface area contributed by atoms with Crippen molar-refractivity contribution in [1.29, 1.82) is 0 Å². The van der Waals surface area contributed by atoms with E-state index in [2.05, 4.69) is 20.4 Å². The van der Waals surface area contributed by atoms with Crippen LogP contribution in [0.1, 0.15) is 5.56 Å². The van der Waals surface area contributed by atoms with Crippen LogP contribution in [0.25, 0.3) is 16.0 Å². The van der Waals surface area contributed by atoms with Gasteiger partial charge in [0.2, 0.25) is 5.91 Å². The zero-order chi connectivity index (χ0) is 27.7. The summed E-state index contributed by atoms with van der Waals surface area (Å²) in [4.78, 5) is 34.0. The van der Waals surface area contributed by atoms with E-state index in [4.69, 9.17) is 12.2 Å². The summed E-state index contributed by atoms with van der Waals surface area (Å²) >= 11 is 6.37. The Morgan fingerprint density at radius 2 is 1.85 bits per heavy atom. The van der Waals surface area contributed by atoms with Crippen molar-refractivity contribution in [1.82, 2.24) is 34.2 Å². The number of carbonyl (C=O) groups is 1. The highest BCUT2D eigenvalue weighted by atomic mass is 32.1. The van der Waals surface area contributed by atoms with Gasteiger partial charge in [-0.3, -0.25) is 18.7 Å². The lowest BCUT2D eigenvalue weighted by Gasteiger charge is -2.29. The first-order valence-electron chi connectivity index (χ1n) is 11.3. The summed E-state index contributed by atoms with van der Waals surface area (Å²) in [5, 5.41) is 17.7. The second kappa shape index (κ2) is 10.5. The van der Waals surface area contributed by atoms with Crippen LogP contribution >= 0.6 is 23.6 Å². The number of carbonyl (C=O) groups excluding carboxylic acids is 1. The number of aromatic nitrogens is 6. The number of nitrogens with zero attached hydrogens (tertiary/aromatic N) is 6. The van der Waals surface area contributed by atoms with Gasteiger partial charge in [0.1, 0.15) is 53.3 Å². The number of rotatable bonds is 8. The standard InChI is InChI=1S/C24H18F3N7O3S2/c25-14-1-4-16(5-2-14)34-21-20(39-23(34)38)22(36)32(13-30-21)8-19(35)29-9-24(37,10-33-12-28-11-31-33)17-6-3-15(26)7-18(17)27/h1-7,11-13,37H,8-10H2,(H,29,35). The molecule has 1 amide bonds. The number of thiazole rings is 1. The Kier molecular flexibility index (Phi) is 7.12. The second-order valence-electron chi connectivity index (χ2n) is 8.54. The molecule has 0 saturated carbocycles. The molecule has 0 aliphatic heterocycles. The third kappa shape index (κ3) is 5.36. The zero-order valence-electron chi connectivity index (χ0n) is 19.8. The van der Waals surface area contributed by atoms with Gasteiger partial charge in [0.05, 0.1) is 13.1 Å². The summed E-state index contributed by atoms with van der Waals surface area (Å²) in [6.07, 6.45) is 3.68. The quantitative estimate of drug-likeness (QED) is 0.274. The molecule has 5 rings (SSSR count). The Balaban J connectivity index is 1.38. The Morgan fingerprint density at radius 1 is 1.10 bits per heavy atom. The maximum atomic E-state index is 14.6. The molecule has 15 heteroatoms. The zero-order valence-corrected chi connectivity index (χ0v) is 21.4. The fourth-order valence-electron chi connectivity index (χ4n) is 4.00. The lowest BCUT2D eigenvalue weighted by Crippen LogP contribution is -2.45. The molecule has 5 aromatic rings. The van der Waals surface area contributed by atoms with Gasteiger partial charge in [-0.15, -0.1) is 0 Å². The molecule has 2 aromatic carbocycles. The fourth-order valence-corrected chi connectivity index (χ4v) is 5.34. The van der Waals surface area contributed by atoms with E-state index in [1.54, 1.807) is 0 Å². The molecule has 1 atom stereocenters. The van der Waals surface area contributed by atoms with Crippen molar-refractivity contribution in [2.75, 3.05) is 6.54 Å². The van der Waals surface area contributed by atoms with Gasteiger partial charge in [0, 0.05) is 17.3 Å². The first-order chi connectivity index (χ1) is 18.6. The fraction of sp³-hybridized carbons (Fsp3) is 0.167. The average molecular weight is 574 g/mol. The maximum Gasteiger partial charge on any atom is 0.273 e. The van der Waals surface area contributed by atoms with E-state index in [-0.39, 0.29) is 22.5 Å². The number of halogens is 3. The van der Waals surface area contributed by atoms with Gasteiger partial charge >= 0.3 is 0 Å². The molecule has 0 spiro atoms. The van der Waals surface area contributed by atoms with Crippen molar-refractivity contribution in [2.24, 2.45) is 0 Å². The number of benzene rings is 2. The maximum absolute atomic E-state index is 14.6. The highest BCUT2D eigenvalue weighted by molar-refractivity contribution is 7.73. The Hall–Kier alpha value is -4.21. The highest BCUT2D eigenvalue weighted by Gasteiger charge is 2.34. The SMILES string of the molecule is O=C(Cn1cnc2c(sc(=S)n2-c2ccc(F)cc2)c1=O)NCC(O)(Cn1cncn1)c1ccc(F)cc1F. The van der Waals surface area contributed by atoms with Crippen LogP contribution in [0, 0.1) is 21.4 Å². The molecule has 0 aliphatic rings. The third-order valence-electron chi connectivity index (χ3n) is 5.86. The molecule has 10 nitrogen and oxygen atoms in total. The van der Waals surface area contributed by atoms with Crippen LogP contribution in [0.5, 0.6) is 0 Å². The monoisotopic (exact) mass is 573 g/mol. The number of hydrogen-bond acceptors (Lipinski definition) is 8. The van der Waals surface area contributed by atoms with Crippen molar-refractivity contribution in [2.45, 2.75) is 18.7 Å². The van der Waals surface area contributed by atoms with E-state index in [1.165, 1.54) is 52.5 Å². The van der Waals surface area contributed by atoms with Crippen molar-refractivity contribution >= 4 is 39.8 Å². The summed E-state index contributed by atoms with van der Waals surface area (Å²) in [6.45, 7) is -1.25. The second-order valence-corrected chi connectivity index (χ2v) is 10.2. The number of nitrogens with one attached hydrogen (secondary N) is 1. The number of aliphatic hydroxyl groups is 1. The molecule has 39 heavy (non-hydrogen) atoms. The van der Waals surface area contributed by atoms with Crippen LogP contribution in [0.15, 0.2) is 66.2 Å². The lowest BCUT2D eigenvalue weighted by molar-refractivity contribution is -0.123. The minimum absolute atomic E-state index is 0.190. The minimum atomic E-state index is -2.03. The molecular weight excluding hydrogens is 555 g/mol. The van der Waals surface area contributed by atoms with Crippen LogP contribution < -0.4 is 10.9 Å². The molecule has 0 radical (unpaired) electrons. The first kappa shape index (κ1) is 26.4. The topological polar surface area (TPSA) is 120 Å². The van der Waals surface area contributed by atoms with Gasteiger partial charge < -0.3 is 10.4 Å². The normalized spacial score (nSPS) is 12.9. The van der Waals surface area contributed by atoms with Gasteiger partial charge in [-0.05, 0) is 42.5 Å². The van der Waals surface area contributed by atoms with Crippen LogP contribution in [-0.2, 0) is 23.5 Å². The Bertz CT molecular complexity index is 1790. The van der Waals surface area contributed by atoms with Gasteiger partial charge in [-0.1, -0.05) is 17.4 Å². The van der Waals surface area contributed by atoms with Crippen molar-refractivity contribution in [3.05, 3.63) is 98.8 Å². The third-order valence-corrected chi connectivity index (χ3v) is 7.21. The van der Waals surface area contributed by atoms with E-state index >= 15 is 0 Å². The van der Waals surface area contributed by atoms with E-state index < -0.39 is 47.6 Å². The van der Waals surface area contributed by atoms with E-state index in [9.17, 15) is 27.9 Å².